The summed E-state index contributed by atoms with van der Waals surface area (Å²) < 4.78 is 13.4. The number of halogens is 2. The van der Waals surface area contributed by atoms with E-state index in [2.05, 4.69) is 43.8 Å². The van der Waals surface area contributed by atoms with E-state index in [-0.39, 0.29) is 5.91 Å². The van der Waals surface area contributed by atoms with Gasteiger partial charge in [-0.3, -0.25) is 9.69 Å². The van der Waals surface area contributed by atoms with Crippen molar-refractivity contribution in [1.82, 2.24) is 0 Å². The van der Waals surface area contributed by atoms with Crippen molar-refractivity contribution in [2.24, 2.45) is 0 Å². The molecule has 4 aromatic rings. The van der Waals surface area contributed by atoms with Crippen LogP contribution in [0.15, 0.2) is 95.5 Å². The predicted octanol–water partition coefficient (Wildman–Crippen LogP) is 7.41. The smallest absolute Gasteiger partial charge is 0.262 e. The molecule has 0 radical (unpaired) electrons. The van der Waals surface area contributed by atoms with Gasteiger partial charge in [-0.05, 0) is 76.7 Å². The van der Waals surface area contributed by atoms with E-state index >= 15 is 0 Å². The Kier molecular flexibility index (Phi) is 6.97. The number of nitrogens with zero attached hydrogens (tertiary/aromatic N) is 1. The number of anilines is 2. The highest BCUT2D eigenvalue weighted by Crippen LogP contribution is 2.41. The minimum absolute atomic E-state index is 0.0852. The van der Waals surface area contributed by atoms with Gasteiger partial charge in [-0.15, -0.1) is 0 Å². The fourth-order valence-electron chi connectivity index (χ4n) is 4.08. The molecular weight excluding hydrogens is 619 g/mol. The van der Waals surface area contributed by atoms with Crippen LogP contribution in [0.5, 0.6) is 11.5 Å². The summed E-state index contributed by atoms with van der Waals surface area (Å²) in [5.41, 5.74) is 4.13. The Morgan fingerprint density at radius 1 is 0.943 bits per heavy atom. The Hall–Kier alpha value is -3.04. The molecule has 1 aliphatic rings. The second-order valence-corrected chi connectivity index (χ2v) is 10.2. The lowest BCUT2D eigenvalue weighted by Crippen LogP contribution is -2.43. The van der Waals surface area contributed by atoms with Crippen LogP contribution in [0.3, 0.4) is 0 Å². The van der Waals surface area contributed by atoms with E-state index in [9.17, 15) is 4.79 Å². The number of carbonyl (C=O) groups excluding carboxylic acids is 1. The molecule has 1 aliphatic heterocycles. The summed E-state index contributed by atoms with van der Waals surface area (Å²) in [6.45, 7) is 0.458. The van der Waals surface area contributed by atoms with Gasteiger partial charge in [0.05, 0.1) is 18.4 Å². The summed E-state index contributed by atoms with van der Waals surface area (Å²) in [6.07, 6.45) is -0.461. The highest BCUT2D eigenvalue weighted by molar-refractivity contribution is 14.1. The van der Waals surface area contributed by atoms with E-state index in [4.69, 9.17) is 9.47 Å². The number of amides is 1. The lowest BCUT2D eigenvalue weighted by atomic mass is 10.0. The maximum Gasteiger partial charge on any atom is 0.262 e. The summed E-state index contributed by atoms with van der Waals surface area (Å²) in [4.78, 5) is 15.6. The Balaban J connectivity index is 1.56. The van der Waals surface area contributed by atoms with Gasteiger partial charge in [0.2, 0.25) is 0 Å². The summed E-state index contributed by atoms with van der Waals surface area (Å²) >= 11 is 5.93. The van der Waals surface area contributed by atoms with Crippen LogP contribution in [0.1, 0.15) is 27.7 Å². The number of carbonyl (C=O) groups is 1. The van der Waals surface area contributed by atoms with Gasteiger partial charge in [-0.2, -0.15) is 0 Å². The summed E-state index contributed by atoms with van der Waals surface area (Å²) in [5, 5.41) is 3.57. The van der Waals surface area contributed by atoms with Crippen LogP contribution < -0.4 is 19.7 Å². The van der Waals surface area contributed by atoms with Crippen LogP contribution >= 0.6 is 38.5 Å². The SMILES string of the molecule is COc1cccc(N2C(=O)c3cc(I)ccc3N[C@H]2c2cc(OCc3ccccc3)ccc2Br)c1. The van der Waals surface area contributed by atoms with E-state index in [1.807, 2.05) is 91.0 Å². The van der Waals surface area contributed by atoms with Crippen molar-refractivity contribution in [1.29, 1.82) is 0 Å². The van der Waals surface area contributed by atoms with Crippen LogP contribution in [0.2, 0.25) is 0 Å². The van der Waals surface area contributed by atoms with Crippen molar-refractivity contribution >= 4 is 55.8 Å². The van der Waals surface area contributed by atoms with Gasteiger partial charge in [-0.25, -0.2) is 0 Å². The van der Waals surface area contributed by atoms with Crippen molar-refractivity contribution in [3.05, 3.63) is 116 Å². The molecule has 0 spiro atoms. The number of hydrogen-bond donors (Lipinski definition) is 1. The van der Waals surface area contributed by atoms with Crippen LogP contribution in [0.4, 0.5) is 11.4 Å². The van der Waals surface area contributed by atoms with Crippen molar-refractivity contribution in [2.75, 3.05) is 17.3 Å². The third-order valence-corrected chi connectivity index (χ3v) is 7.22. The zero-order chi connectivity index (χ0) is 24.4. The van der Waals surface area contributed by atoms with E-state index in [0.717, 1.165) is 36.3 Å². The van der Waals surface area contributed by atoms with E-state index < -0.39 is 6.17 Å². The highest BCUT2D eigenvalue weighted by Gasteiger charge is 2.35. The normalized spacial score (nSPS) is 14.8. The molecule has 1 amide bonds. The van der Waals surface area contributed by atoms with Gasteiger partial charge in [0.15, 0.2) is 0 Å². The molecule has 176 valence electrons. The number of hydrogen-bond acceptors (Lipinski definition) is 4. The van der Waals surface area contributed by atoms with E-state index in [0.29, 0.717) is 17.9 Å². The van der Waals surface area contributed by atoms with Gasteiger partial charge in [0, 0.05) is 25.4 Å². The second kappa shape index (κ2) is 10.3. The standard InChI is InChI=1S/C28H22BrIN2O3/c1-34-21-9-5-8-20(15-21)32-27(31-26-13-10-19(30)14-24(26)28(32)33)23-16-22(11-12-25(23)29)35-17-18-6-3-2-4-7-18/h2-16,27,31H,17H2,1H3/t27-/m1/s1. The Morgan fingerprint density at radius 2 is 1.77 bits per heavy atom. The summed E-state index contributed by atoms with van der Waals surface area (Å²) in [7, 11) is 1.62. The first kappa shape index (κ1) is 23.7. The maximum atomic E-state index is 13.9. The molecule has 0 saturated heterocycles. The first-order valence-corrected chi connectivity index (χ1v) is 12.9. The third kappa shape index (κ3) is 5.01. The second-order valence-electron chi connectivity index (χ2n) is 8.07. The number of methoxy groups -OCH3 is 1. The zero-order valence-corrected chi connectivity index (χ0v) is 22.6. The maximum absolute atomic E-state index is 13.9. The average molecular weight is 641 g/mol. The van der Waals surface area contributed by atoms with E-state index in [1.165, 1.54) is 0 Å². The first-order chi connectivity index (χ1) is 17.0. The Bertz CT molecular complexity index is 1380. The largest absolute Gasteiger partial charge is 0.497 e. The molecule has 5 nitrogen and oxygen atoms in total. The lowest BCUT2D eigenvalue weighted by molar-refractivity contribution is 0.0974. The average Bonchev–Trinajstić information content (AvgIpc) is 2.89. The summed E-state index contributed by atoms with van der Waals surface area (Å²) in [6, 6.07) is 29.3. The van der Waals surface area contributed by atoms with Gasteiger partial charge < -0.3 is 14.8 Å². The Labute approximate surface area is 226 Å². The molecule has 0 fully saturated rings. The summed E-state index contributed by atoms with van der Waals surface area (Å²) in [5.74, 6) is 1.32. The molecule has 5 rings (SSSR count). The molecule has 4 aromatic carbocycles. The van der Waals surface area contributed by atoms with E-state index in [1.54, 1.807) is 12.0 Å². The van der Waals surface area contributed by atoms with Gasteiger partial charge in [-0.1, -0.05) is 52.3 Å². The van der Waals surface area contributed by atoms with Crippen molar-refractivity contribution in [2.45, 2.75) is 12.8 Å². The number of nitrogens with one attached hydrogen (secondary N) is 1. The minimum atomic E-state index is -0.461. The molecule has 1 heterocycles. The van der Waals surface area contributed by atoms with Crippen molar-refractivity contribution in [3.8, 4) is 11.5 Å². The molecule has 0 saturated carbocycles. The molecule has 0 unspecified atom stereocenters. The number of benzene rings is 4. The van der Waals surface area contributed by atoms with Crippen molar-refractivity contribution in [3.63, 3.8) is 0 Å². The predicted molar refractivity (Wildman–Crippen MR) is 150 cm³/mol. The Morgan fingerprint density at radius 3 is 2.57 bits per heavy atom. The van der Waals surface area contributed by atoms with Gasteiger partial charge in [0.25, 0.3) is 5.91 Å². The lowest BCUT2D eigenvalue weighted by Gasteiger charge is -2.38. The zero-order valence-electron chi connectivity index (χ0n) is 18.9. The molecule has 1 N–H and O–H groups in total. The van der Waals surface area contributed by atoms with Gasteiger partial charge in [0.1, 0.15) is 24.3 Å². The third-order valence-electron chi connectivity index (χ3n) is 5.82. The number of fused-ring (bicyclic) bond motifs is 1. The highest BCUT2D eigenvalue weighted by atomic mass is 127. The molecule has 0 aliphatic carbocycles. The molecular formula is C28H22BrIN2O3. The number of ether oxygens (including phenoxy) is 2. The monoisotopic (exact) mass is 640 g/mol. The quantitative estimate of drug-likeness (QED) is 0.223. The fraction of sp³-hybridized carbons (Fsp3) is 0.107. The minimum Gasteiger partial charge on any atom is -0.497 e. The fourth-order valence-corrected chi connectivity index (χ4v) is 5.04. The van der Waals surface area contributed by atoms with Crippen LogP contribution in [0.25, 0.3) is 0 Å². The molecule has 0 aromatic heterocycles. The topological polar surface area (TPSA) is 50.8 Å². The molecule has 7 heteroatoms. The molecule has 0 bridgehead atoms. The number of rotatable bonds is 6. The first-order valence-electron chi connectivity index (χ1n) is 11.0. The molecule has 35 heavy (non-hydrogen) atoms. The van der Waals surface area contributed by atoms with Crippen molar-refractivity contribution < 1.29 is 14.3 Å². The van der Waals surface area contributed by atoms with Gasteiger partial charge >= 0.3 is 0 Å². The molecule has 1 atom stereocenters. The van der Waals surface area contributed by atoms with Crippen LogP contribution in [0, 0.1) is 3.57 Å². The van der Waals surface area contributed by atoms with Crippen LogP contribution in [-0.2, 0) is 6.61 Å². The van der Waals surface area contributed by atoms with Crippen LogP contribution in [-0.4, -0.2) is 13.0 Å².